The number of nitrogens with zero attached hydrogens (tertiary/aromatic N) is 3. The molecule has 100 valence electrons. The molecule has 2 aromatic rings. The normalized spacial score (nSPS) is 10.7. The zero-order chi connectivity index (χ0) is 14.0. The Balaban J connectivity index is 2.14. The van der Waals surface area contributed by atoms with Gasteiger partial charge in [0.05, 0.1) is 15.9 Å². The molecule has 2 heterocycles. The zero-order valence-corrected chi connectivity index (χ0v) is 12.8. The molecule has 19 heavy (non-hydrogen) atoms. The van der Waals surface area contributed by atoms with Crippen molar-refractivity contribution >= 4 is 33.7 Å². The summed E-state index contributed by atoms with van der Waals surface area (Å²) >= 11 is 5.06. The summed E-state index contributed by atoms with van der Waals surface area (Å²) in [6.45, 7) is 1.94. The number of carboxylic acid groups (broad SMARTS) is 1. The highest BCUT2D eigenvalue weighted by molar-refractivity contribution is 9.10. The number of rotatable bonds is 4. The standard InChI is InChI=1S/C12H12BrN3O2S/c1-7-11(13)10(16(2)15-7)6-19-8-3-4-14-9(5-8)12(17)18/h3-5H,6H2,1-2H3,(H,17,18). The first-order valence-electron chi connectivity index (χ1n) is 5.49. The van der Waals surface area contributed by atoms with Crippen molar-refractivity contribution in [3.8, 4) is 0 Å². The average Bonchev–Trinajstić information content (AvgIpc) is 2.61. The lowest BCUT2D eigenvalue weighted by Gasteiger charge is -2.04. The molecule has 0 saturated carbocycles. The fraction of sp³-hybridized carbons (Fsp3) is 0.250. The number of hydrogen-bond donors (Lipinski definition) is 1. The number of hydrogen-bond acceptors (Lipinski definition) is 4. The van der Waals surface area contributed by atoms with E-state index in [1.165, 1.54) is 6.20 Å². The SMILES string of the molecule is Cc1nn(C)c(CSc2ccnc(C(=O)O)c2)c1Br. The van der Waals surface area contributed by atoms with E-state index in [-0.39, 0.29) is 5.69 Å². The van der Waals surface area contributed by atoms with Crippen molar-refractivity contribution in [1.29, 1.82) is 0 Å². The van der Waals surface area contributed by atoms with E-state index in [2.05, 4.69) is 26.0 Å². The molecule has 0 aromatic carbocycles. The molecule has 0 aliphatic heterocycles. The van der Waals surface area contributed by atoms with E-state index in [1.54, 1.807) is 23.9 Å². The van der Waals surface area contributed by atoms with Crippen LogP contribution in [0.2, 0.25) is 0 Å². The molecule has 0 aliphatic carbocycles. The predicted molar refractivity (Wildman–Crippen MR) is 76.4 cm³/mol. The van der Waals surface area contributed by atoms with Crippen molar-refractivity contribution in [3.63, 3.8) is 0 Å². The van der Waals surface area contributed by atoms with Crippen molar-refractivity contribution in [2.24, 2.45) is 7.05 Å². The van der Waals surface area contributed by atoms with Gasteiger partial charge in [0.1, 0.15) is 5.69 Å². The minimum atomic E-state index is -1.01. The van der Waals surface area contributed by atoms with Crippen molar-refractivity contribution in [3.05, 3.63) is 39.9 Å². The topological polar surface area (TPSA) is 68.0 Å². The van der Waals surface area contributed by atoms with Gasteiger partial charge in [-0.1, -0.05) is 0 Å². The van der Waals surface area contributed by atoms with Crippen molar-refractivity contribution in [1.82, 2.24) is 14.8 Å². The van der Waals surface area contributed by atoms with E-state index in [0.717, 1.165) is 20.8 Å². The highest BCUT2D eigenvalue weighted by Gasteiger charge is 2.11. The Kier molecular flexibility index (Phi) is 4.26. The number of pyridine rings is 1. The van der Waals surface area contributed by atoms with Gasteiger partial charge in [-0.05, 0) is 35.0 Å². The highest BCUT2D eigenvalue weighted by atomic mass is 79.9. The van der Waals surface area contributed by atoms with Gasteiger partial charge in [-0.3, -0.25) is 4.68 Å². The first-order valence-corrected chi connectivity index (χ1v) is 7.27. The van der Waals surface area contributed by atoms with Gasteiger partial charge in [-0.15, -0.1) is 11.8 Å². The largest absolute Gasteiger partial charge is 0.477 e. The van der Waals surface area contributed by atoms with Crippen LogP contribution in [0.15, 0.2) is 27.7 Å². The Hall–Kier alpha value is -1.34. The molecule has 0 fully saturated rings. The Labute approximate surface area is 123 Å². The van der Waals surface area contributed by atoms with Crippen LogP contribution in [0.4, 0.5) is 0 Å². The van der Waals surface area contributed by atoms with Gasteiger partial charge in [-0.25, -0.2) is 9.78 Å². The molecule has 0 unspecified atom stereocenters. The summed E-state index contributed by atoms with van der Waals surface area (Å²) in [5.74, 6) is -0.305. The minimum absolute atomic E-state index is 0.0604. The molecule has 2 aromatic heterocycles. The van der Waals surface area contributed by atoms with E-state index in [0.29, 0.717) is 5.75 Å². The summed E-state index contributed by atoms with van der Waals surface area (Å²) in [5, 5.41) is 13.2. The third-order valence-corrected chi connectivity index (χ3v) is 4.62. The van der Waals surface area contributed by atoms with Gasteiger partial charge >= 0.3 is 5.97 Å². The summed E-state index contributed by atoms with van der Waals surface area (Å²) in [4.78, 5) is 15.5. The predicted octanol–water partition coefficient (Wildman–Crippen LogP) is 2.88. The van der Waals surface area contributed by atoms with Gasteiger partial charge in [-0.2, -0.15) is 5.10 Å². The first-order chi connectivity index (χ1) is 8.99. The lowest BCUT2D eigenvalue weighted by molar-refractivity contribution is 0.0690. The number of halogens is 1. The molecule has 5 nitrogen and oxygen atoms in total. The molecular weight excluding hydrogens is 330 g/mol. The summed E-state index contributed by atoms with van der Waals surface area (Å²) in [7, 11) is 1.89. The second-order valence-electron chi connectivity index (χ2n) is 3.94. The summed E-state index contributed by atoms with van der Waals surface area (Å²) in [5.41, 5.74) is 2.07. The molecule has 7 heteroatoms. The smallest absolute Gasteiger partial charge is 0.354 e. The van der Waals surface area contributed by atoms with Crippen LogP contribution in [0, 0.1) is 6.92 Å². The lowest BCUT2D eigenvalue weighted by Crippen LogP contribution is -2.00. The number of aryl methyl sites for hydroxylation is 2. The van der Waals surface area contributed by atoms with Gasteiger partial charge in [0.2, 0.25) is 0 Å². The van der Waals surface area contributed by atoms with Gasteiger partial charge < -0.3 is 5.11 Å². The third-order valence-electron chi connectivity index (χ3n) is 2.59. The van der Waals surface area contributed by atoms with Gasteiger partial charge in [0.25, 0.3) is 0 Å². The molecule has 0 atom stereocenters. The summed E-state index contributed by atoms with van der Waals surface area (Å²) in [6.07, 6.45) is 1.51. The summed E-state index contributed by atoms with van der Waals surface area (Å²) in [6, 6.07) is 3.37. The number of aromatic nitrogens is 3. The van der Waals surface area contributed by atoms with Crippen LogP contribution in [0.1, 0.15) is 21.9 Å². The number of carboxylic acids is 1. The van der Waals surface area contributed by atoms with Crippen LogP contribution in [0.5, 0.6) is 0 Å². The molecule has 1 N–H and O–H groups in total. The molecular formula is C12H12BrN3O2S. The lowest BCUT2D eigenvalue weighted by atomic mass is 10.3. The van der Waals surface area contributed by atoms with Crippen LogP contribution in [0.25, 0.3) is 0 Å². The number of carbonyl (C=O) groups is 1. The third kappa shape index (κ3) is 3.16. The quantitative estimate of drug-likeness (QED) is 0.866. The van der Waals surface area contributed by atoms with Gasteiger partial charge in [0, 0.05) is 23.9 Å². The monoisotopic (exact) mass is 341 g/mol. The fourth-order valence-corrected chi connectivity index (χ4v) is 3.25. The summed E-state index contributed by atoms with van der Waals surface area (Å²) < 4.78 is 2.82. The molecule has 2 rings (SSSR count). The number of thioether (sulfide) groups is 1. The minimum Gasteiger partial charge on any atom is -0.477 e. The van der Waals surface area contributed by atoms with Crippen LogP contribution in [-0.4, -0.2) is 25.8 Å². The van der Waals surface area contributed by atoms with E-state index >= 15 is 0 Å². The maximum absolute atomic E-state index is 10.8. The molecule has 0 bridgehead atoms. The van der Waals surface area contributed by atoms with Crippen molar-refractivity contribution in [2.75, 3.05) is 0 Å². The Morgan fingerprint density at radius 2 is 2.32 bits per heavy atom. The average molecular weight is 342 g/mol. The van der Waals surface area contributed by atoms with Crippen LogP contribution in [-0.2, 0) is 12.8 Å². The van der Waals surface area contributed by atoms with E-state index in [4.69, 9.17) is 5.11 Å². The van der Waals surface area contributed by atoms with Gasteiger partial charge in [0.15, 0.2) is 0 Å². The molecule has 0 aliphatic rings. The van der Waals surface area contributed by atoms with Crippen LogP contribution >= 0.6 is 27.7 Å². The molecule has 0 radical (unpaired) electrons. The molecule has 0 amide bonds. The second-order valence-corrected chi connectivity index (χ2v) is 5.78. The van der Waals surface area contributed by atoms with Crippen molar-refractivity contribution < 1.29 is 9.90 Å². The maximum Gasteiger partial charge on any atom is 0.354 e. The maximum atomic E-state index is 10.8. The molecule has 0 spiro atoms. The van der Waals surface area contributed by atoms with Crippen molar-refractivity contribution in [2.45, 2.75) is 17.6 Å². The fourth-order valence-electron chi connectivity index (χ4n) is 1.61. The number of aromatic carboxylic acids is 1. The van der Waals surface area contributed by atoms with E-state index in [1.807, 2.05) is 18.7 Å². The first kappa shape index (κ1) is 14.1. The molecule has 0 saturated heterocycles. The second kappa shape index (κ2) is 5.75. The van der Waals surface area contributed by atoms with E-state index in [9.17, 15) is 4.79 Å². The van der Waals surface area contributed by atoms with Crippen LogP contribution < -0.4 is 0 Å². The zero-order valence-electron chi connectivity index (χ0n) is 10.4. The Morgan fingerprint density at radius 1 is 1.58 bits per heavy atom. The van der Waals surface area contributed by atoms with Crippen LogP contribution in [0.3, 0.4) is 0 Å². The Morgan fingerprint density at radius 3 is 2.89 bits per heavy atom. The highest BCUT2D eigenvalue weighted by Crippen LogP contribution is 2.28. The Bertz CT molecular complexity index is 627. The van der Waals surface area contributed by atoms with E-state index < -0.39 is 5.97 Å².